The Morgan fingerprint density at radius 1 is 1.25 bits per heavy atom. The number of nitrogens with one attached hydrogen (secondary N) is 1. The number of halogens is 1. The van der Waals surface area contributed by atoms with E-state index in [0.29, 0.717) is 39.1 Å². The highest BCUT2D eigenvalue weighted by Crippen LogP contribution is 2.26. The lowest BCUT2D eigenvalue weighted by Crippen LogP contribution is -2.07. The second-order valence-electron chi connectivity index (χ2n) is 6.17. The van der Waals surface area contributed by atoms with Crippen LogP contribution >= 0.6 is 11.8 Å². The minimum Gasteiger partial charge on any atom is -0.465 e. The number of Topliss-reactive ketones (excluding diaryl/α,β-unsaturated/α-hetero) is 1. The third-order valence-electron chi connectivity index (χ3n) is 4.39. The van der Waals surface area contributed by atoms with Gasteiger partial charge >= 0.3 is 5.97 Å². The number of carbonyl (C=O) groups is 2. The fourth-order valence-electron chi connectivity index (χ4n) is 2.96. The van der Waals surface area contributed by atoms with E-state index in [0.717, 1.165) is 0 Å². The predicted octanol–water partition coefficient (Wildman–Crippen LogP) is 3.33. The highest BCUT2D eigenvalue weighted by Gasteiger charge is 2.23. The molecule has 0 fully saturated rings. The minimum atomic E-state index is -0.485. The molecule has 0 amide bonds. The van der Waals surface area contributed by atoms with Crippen LogP contribution in [0.25, 0.3) is 11.4 Å². The first-order valence-corrected chi connectivity index (χ1v) is 9.41. The van der Waals surface area contributed by atoms with Crippen LogP contribution in [0.4, 0.5) is 4.39 Å². The van der Waals surface area contributed by atoms with Gasteiger partial charge in [-0.1, -0.05) is 23.9 Å². The maximum atomic E-state index is 14.0. The highest BCUT2D eigenvalue weighted by atomic mass is 32.2. The SMILES string of the molecule is COC(=O)c1c(C)[nH]c(C(=O)CSc2nnc(-c3ccccc3F)n2C)c1C. The number of hydrogen-bond acceptors (Lipinski definition) is 6. The van der Waals surface area contributed by atoms with Crippen molar-refractivity contribution in [1.29, 1.82) is 0 Å². The molecular weight excluding hydrogens is 383 g/mol. The Morgan fingerprint density at radius 2 is 1.96 bits per heavy atom. The smallest absolute Gasteiger partial charge is 0.339 e. The van der Waals surface area contributed by atoms with Gasteiger partial charge in [-0.3, -0.25) is 4.79 Å². The zero-order valence-corrected chi connectivity index (χ0v) is 16.7. The molecule has 0 saturated heterocycles. The number of methoxy groups -OCH3 is 1. The van der Waals surface area contributed by atoms with E-state index in [1.54, 1.807) is 43.7 Å². The molecule has 0 saturated carbocycles. The fraction of sp³-hybridized carbons (Fsp3) is 0.263. The van der Waals surface area contributed by atoms with E-state index >= 15 is 0 Å². The van der Waals surface area contributed by atoms with Crippen LogP contribution in [0.2, 0.25) is 0 Å². The number of ketones is 1. The van der Waals surface area contributed by atoms with Crippen LogP contribution in [-0.2, 0) is 11.8 Å². The van der Waals surface area contributed by atoms with Crippen molar-refractivity contribution in [3.8, 4) is 11.4 Å². The van der Waals surface area contributed by atoms with E-state index < -0.39 is 11.8 Å². The molecule has 1 N–H and O–H groups in total. The summed E-state index contributed by atoms with van der Waals surface area (Å²) in [7, 11) is 3.01. The van der Waals surface area contributed by atoms with Gasteiger partial charge < -0.3 is 14.3 Å². The molecule has 0 aliphatic heterocycles. The van der Waals surface area contributed by atoms with Crippen LogP contribution < -0.4 is 0 Å². The topological polar surface area (TPSA) is 89.9 Å². The van der Waals surface area contributed by atoms with Crippen LogP contribution in [0.1, 0.15) is 32.1 Å². The second kappa shape index (κ2) is 7.97. The summed E-state index contributed by atoms with van der Waals surface area (Å²) in [6.45, 7) is 3.42. The number of H-pyrrole nitrogens is 1. The number of ether oxygens (including phenoxy) is 1. The molecule has 1 aromatic carbocycles. The third-order valence-corrected chi connectivity index (χ3v) is 5.41. The third kappa shape index (κ3) is 3.57. The number of carbonyl (C=O) groups excluding carboxylic acids is 2. The Bertz CT molecular complexity index is 1060. The molecule has 2 heterocycles. The number of hydrogen-bond donors (Lipinski definition) is 1. The molecule has 0 radical (unpaired) electrons. The van der Waals surface area contributed by atoms with Crippen molar-refractivity contribution in [2.24, 2.45) is 7.05 Å². The van der Waals surface area contributed by atoms with Crippen molar-refractivity contribution in [2.45, 2.75) is 19.0 Å². The molecular formula is C19H19FN4O3S. The zero-order valence-electron chi connectivity index (χ0n) is 15.9. The van der Waals surface area contributed by atoms with Crippen molar-refractivity contribution >= 4 is 23.5 Å². The number of rotatable bonds is 6. The molecule has 3 aromatic rings. The van der Waals surface area contributed by atoms with Crippen molar-refractivity contribution < 1.29 is 18.7 Å². The van der Waals surface area contributed by atoms with Crippen molar-refractivity contribution in [3.63, 3.8) is 0 Å². The summed E-state index contributed by atoms with van der Waals surface area (Å²) in [5.41, 5.74) is 2.21. The molecule has 0 aliphatic carbocycles. The Balaban J connectivity index is 1.78. The average Bonchev–Trinajstić information content (AvgIpc) is 3.19. The quantitative estimate of drug-likeness (QED) is 0.386. The van der Waals surface area contributed by atoms with E-state index in [1.165, 1.54) is 24.9 Å². The van der Waals surface area contributed by atoms with E-state index in [2.05, 4.69) is 15.2 Å². The van der Waals surface area contributed by atoms with Crippen molar-refractivity contribution in [3.05, 3.63) is 52.6 Å². The first kappa shape index (κ1) is 19.8. The van der Waals surface area contributed by atoms with Gasteiger partial charge in [0.25, 0.3) is 0 Å². The van der Waals surface area contributed by atoms with Gasteiger partial charge in [-0.05, 0) is 31.5 Å². The van der Waals surface area contributed by atoms with E-state index in [-0.39, 0.29) is 11.5 Å². The zero-order chi connectivity index (χ0) is 20.4. The molecule has 0 spiro atoms. The van der Waals surface area contributed by atoms with Gasteiger partial charge in [0, 0.05) is 12.7 Å². The number of aryl methyl sites for hydroxylation is 1. The van der Waals surface area contributed by atoms with E-state index in [9.17, 15) is 14.0 Å². The maximum absolute atomic E-state index is 14.0. The molecule has 9 heteroatoms. The summed E-state index contributed by atoms with van der Waals surface area (Å²) in [5.74, 6) is -0.590. The normalized spacial score (nSPS) is 10.9. The fourth-order valence-corrected chi connectivity index (χ4v) is 3.74. The van der Waals surface area contributed by atoms with Gasteiger partial charge in [0.1, 0.15) is 5.82 Å². The van der Waals surface area contributed by atoms with E-state index in [1.807, 2.05) is 0 Å². The lowest BCUT2D eigenvalue weighted by Gasteiger charge is -2.05. The van der Waals surface area contributed by atoms with Crippen LogP contribution in [0.5, 0.6) is 0 Å². The Morgan fingerprint density at radius 3 is 2.64 bits per heavy atom. The molecule has 0 unspecified atom stereocenters. The first-order chi connectivity index (χ1) is 13.3. The summed E-state index contributed by atoms with van der Waals surface area (Å²) in [6.07, 6.45) is 0. The number of aromatic amines is 1. The maximum Gasteiger partial charge on any atom is 0.339 e. The molecule has 0 bridgehead atoms. The molecule has 0 aliphatic rings. The summed E-state index contributed by atoms with van der Waals surface area (Å²) in [5, 5.41) is 8.58. The molecule has 7 nitrogen and oxygen atoms in total. The monoisotopic (exact) mass is 402 g/mol. The van der Waals surface area contributed by atoms with Crippen LogP contribution in [-0.4, -0.2) is 44.4 Å². The predicted molar refractivity (Wildman–Crippen MR) is 103 cm³/mol. The Labute approximate surface area is 165 Å². The second-order valence-corrected chi connectivity index (χ2v) is 7.12. The molecule has 3 rings (SSSR count). The van der Waals surface area contributed by atoms with Gasteiger partial charge in [0.2, 0.25) is 0 Å². The van der Waals surface area contributed by atoms with Gasteiger partial charge in [0.05, 0.1) is 29.7 Å². The average molecular weight is 402 g/mol. The Kier molecular flexibility index (Phi) is 5.64. The number of esters is 1. The molecule has 2 aromatic heterocycles. The summed E-state index contributed by atoms with van der Waals surface area (Å²) >= 11 is 1.19. The lowest BCUT2D eigenvalue weighted by molar-refractivity contribution is 0.0599. The van der Waals surface area contributed by atoms with Crippen LogP contribution in [0.3, 0.4) is 0 Å². The van der Waals surface area contributed by atoms with Gasteiger partial charge in [-0.15, -0.1) is 10.2 Å². The summed E-state index contributed by atoms with van der Waals surface area (Å²) < 4.78 is 20.4. The first-order valence-electron chi connectivity index (χ1n) is 8.42. The van der Waals surface area contributed by atoms with Gasteiger partial charge in [-0.25, -0.2) is 9.18 Å². The lowest BCUT2D eigenvalue weighted by atomic mass is 10.1. The van der Waals surface area contributed by atoms with Crippen molar-refractivity contribution in [2.75, 3.05) is 12.9 Å². The molecule has 28 heavy (non-hydrogen) atoms. The standard InChI is InChI=1S/C19H19FN4O3S/c1-10-15(18(26)27-4)11(2)21-16(10)14(25)9-28-19-23-22-17(24(19)3)12-7-5-6-8-13(12)20/h5-8,21H,9H2,1-4H3. The highest BCUT2D eigenvalue weighted by molar-refractivity contribution is 7.99. The van der Waals surface area contributed by atoms with Crippen LogP contribution in [0, 0.1) is 19.7 Å². The van der Waals surface area contributed by atoms with Crippen molar-refractivity contribution in [1.82, 2.24) is 19.7 Å². The molecule has 146 valence electrons. The molecule has 0 atom stereocenters. The Hall–Kier alpha value is -2.94. The summed E-state index contributed by atoms with van der Waals surface area (Å²) in [6, 6.07) is 6.30. The number of benzene rings is 1. The number of aromatic nitrogens is 4. The minimum absolute atomic E-state index is 0.0879. The largest absolute Gasteiger partial charge is 0.465 e. The number of nitrogens with zero attached hydrogens (tertiary/aromatic N) is 3. The van der Waals surface area contributed by atoms with Gasteiger partial charge in [0.15, 0.2) is 16.8 Å². The summed E-state index contributed by atoms with van der Waals surface area (Å²) in [4.78, 5) is 27.5. The van der Waals surface area contributed by atoms with Gasteiger partial charge in [-0.2, -0.15) is 0 Å². The van der Waals surface area contributed by atoms with E-state index in [4.69, 9.17) is 4.74 Å². The number of thioether (sulfide) groups is 1. The van der Waals surface area contributed by atoms with Crippen LogP contribution in [0.15, 0.2) is 29.4 Å².